The molecule has 0 bridgehead atoms. The van der Waals surface area contributed by atoms with Crippen LogP contribution >= 0.6 is 0 Å². The summed E-state index contributed by atoms with van der Waals surface area (Å²) in [7, 11) is -3.81. The van der Waals surface area contributed by atoms with E-state index >= 15 is 0 Å². The Morgan fingerprint density at radius 1 is 1.06 bits per heavy atom. The lowest BCUT2D eigenvalue weighted by Crippen LogP contribution is -2.40. The Balaban J connectivity index is 1.69. The van der Waals surface area contributed by atoms with Gasteiger partial charge in [-0.3, -0.25) is 9.10 Å². The monoisotopic (exact) mass is 484 g/mol. The van der Waals surface area contributed by atoms with Gasteiger partial charge in [-0.15, -0.1) is 0 Å². The lowest BCUT2D eigenvalue weighted by molar-refractivity contribution is -0.117. The molecule has 0 unspecified atom stereocenters. The second-order valence-corrected chi connectivity index (χ2v) is 11.4. The van der Waals surface area contributed by atoms with Gasteiger partial charge in [-0.1, -0.05) is 31.5 Å². The lowest BCUT2D eigenvalue weighted by atomic mass is 10.00. The van der Waals surface area contributed by atoms with Gasteiger partial charge in [-0.25, -0.2) is 8.42 Å². The number of benzene rings is 2. The topological polar surface area (TPSA) is 66.9 Å². The van der Waals surface area contributed by atoms with Crippen LogP contribution in [0.15, 0.2) is 41.3 Å². The molecule has 1 fully saturated rings. The molecule has 6 nitrogen and oxygen atoms in total. The maximum Gasteiger partial charge on any atom is 0.264 e. The van der Waals surface area contributed by atoms with E-state index in [0.717, 1.165) is 54.1 Å². The number of ether oxygens (including phenoxy) is 1. The summed E-state index contributed by atoms with van der Waals surface area (Å²) in [5.74, 6) is 0.462. The SMILES string of the molecule is CCC(CC)N(c1ccc(C)cc1C)S(=O)(=O)c1ccc2c(c1)CC(=O)N2CC1CCOCC1. The number of amides is 1. The van der Waals surface area contributed by atoms with Gasteiger partial charge in [0.25, 0.3) is 10.0 Å². The summed E-state index contributed by atoms with van der Waals surface area (Å²) in [6.07, 6.45) is 3.57. The quantitative estimate of drug-likeness (QED) is 0.529. The molecule has 2 aliphatic rings. The number of sulfonamides is 1. The van der Waals surface area contributed by atoms with Gasteiger partial charge in [0, 0.05) is 31.5 Å². The summed E-state index contributed by atoms with van der Waals surface area (Å²) in [4.78, 5) is 14.9. The van der Waals surface area contributed by atoms with Gasteiger partial charge in [-0.05, 0) is 80.8 Å². The van der Waals surface area contributed by atoms with E-state index in [1.807, 2.05) is 56.9 Å². The summed E-state index contributed by atoms with van der Waals surface area (Å²) < 4.78 is 35.1. The van der Waals surface area contributed by atoms with Crippen molar-refractivity contribution in [2.75, 3.05) is 29.0 Å². The molecule has 0 spiro atoms. The summed E-state index contributed by atoms with van der Waals surface area (Å²) >= 11 is 0. The van der Waals surface area contributed by atoms with E-state index in [1.54, 1.807) is 16.4 Å². The van der Waals surface area contributed by atoms with Gasteiger partial charge >= 0.3 is 0 Å². The fraction of sp³-hybridized carbons (Fsp3) is 0.519. The second-order valence-electron chi connectivity index (χ2n) is 9.59. The predicted octanol–water partition coefficient (Wildman–Crippen LogP) is 5.00. The van der Waals surface area contributed by atoms with Crippen LogP contribution in [-0.2, 0) is 26.0 Å². The summed E-state index contributed by atoms with van der Waals surface area (Å²) in [6.45, 7) is 10.2. The normalized spacial score (nSPS) is 16.9. The van der Waals surface area contributed by atoms with E-state index < -0.39 is 10.0 Å². The number of anilines is 2. The van der Waals surface area contributed by atoms with Crippen LogP contribution in [0.2, 0.25) is 0 Å². The molecule has 1 amide bonds. The standard InChI is InChI=1S/C27H36N2O4S/c1-5-23(6-2)29(25-9-7-19(3)15-20(25)4)34(31,32)24-8-10-26-22(16-24)17-27(30)28(26)18-21-11-13-33-14-12-21/h7-10,15-16,21,23H,5-6,11-14,17-18H2,1-4H3. The third kappa shape index (κ3) is 4.73. The molecule has 0 aliphatic carbocycles. The van der Waals surface area contributed by atoms with Gasteiger partial charge in [0.1, 0.15) is 0 Å². The van der Waals surface area contributed by atoms with Gasteiger partial charge in [-0.2, -0.15) is 0 Å². The van der Waals surface area contributed by atoms with Crippen LogP contribution < -0.4 is 9.21 Å². The zero-order valence-corrected chi connectivity index (χ0v) is 21.5. The van der Waals surface area contributed by atoms with Crippen molar-refractivity contribution >= 4 is 27.3 Å². The molecule has 2 heterocycles. The minimum atomic E-state index is -3.81. The number of rotatable bonds is 8. The maximum absolute atomic E-state index is 14.0. The number of carbonyl (C=O) groups excluding carboxylic acids is 1. The van der Waals surface area contributed by atoms with Crippen LogP contribution in [0.3, 0.4) is 0 Å². The van der Waals surface area contributed by atoms with Crippen molar-refractivity contribution in [1.82, 2.24) is 0 Å². The minimum absolute atomic E-state index is 0.0438. The van der Waals surface area contributed by atoms with Crippen molar-refractivity contribution in [3.63, 3.8) is 0 Å². The highest BCUT2D eigenvalue weighted by molar-refractivity contribution is 7.92. The number of hydrogen-bond acceptors (Lipinski definition) is 4. The first kappa shape index (κ1) is 24.7. The van der Waals surface area contributed by atoms with Crippen LogP contribution in [0.25, 0.3) is 0 Å². The molecule has 2 aromatic rings. The Bertz CT molecular complexity index is 1150. The van der Waals surface area contributed by atoms with Crippen LogP contribution in [0.4, 0.5) is 11.4 Å². The van der Waals surface area contributed by atoms with Crippen LogP contribution in [0.5, 0.6) is 0 Å². The molecule has 4 rings (SSSR count). The molecular weight excluding hydrogens is 448 g/mol. The van der Waals surface area contributed by atoms with E-state index in [-0.39, 0.29) is 23.3 Å². The smallest absolute Gasteiger partial charge is 0.264 e. The van der Waals surface area contributed by atoms with Gasteiger partial charge in [0.15, 0.2) is 0 Å². The Kier molecular flexibility index (Phi) is 7.33. The zero-order chi connectivity index (χ0) is 24.5. The Morgan fingerprint density at radius 2 is 1.76 bits per heavy atom. The van der Waals surface area contributed by atoms with Gasteiger partial charge < -0.3 is 9.64 Å². The summed E-state index contributed by atoms with van der Waals surface area (Å²) in [5, 5.41) is 0. The maximum atomic E-state index is 14.0. The van der Waals surface area contributed by atoms with Gasteiger partial charge in [0.05, 0.1) is 17.0 Å². The van der Waals surface area contributed by atoms with Crippen molar-refractivity contribution in [1.29, 1.82) is 0 Å². The highest BCUT2D eigenvalue weighted by Gasteiger charge is 2.35. The van der Waals surface area contributed by atoms with E-state index in [1.165, 1.54) is 0 Å². The van der Waals surface area contributed by atoms with Crippen molar-refractivity contribution in [3.8, 4) is 0 Å². The second kappa shape index (κ2) is 10.1. The van der Waals surface area contributed by atoms with E-state index in [4.69, 9.17) is 4.74 Å². The fourth-order valence-electron chi connectivity index (χ4n) is 5.22. The molecular formula is C27H36N2O4S. The fourth-order valence-corrected chi connectivity index (χ4v) is 7.13. The summed E-state index contributed by atoms with van der Waals surface area (Å²) in [6, 6.07) is 10.9. The molecule has 0 aromatic heterocycles. The predicted molar refractivity (Wildman–Crippen MR) is 136 cm³/mol. The molecule has 2 aromatic carbocycles. The molecule has 184 valence electrons. The number of nitrogens with zero attached hydrogens (tertiary/aromatic N) is 2. The molecule has 1 saturated heterocycles. The molecule has 0 radical (unpaired) electrons. The molecule has 34 heavy (non-hydrogen) atoms. The Hall–Kier alpha value is -2.38. The highest BCUT2D eigenvalue weighted by atomic mass is 32.2. The van der Waals surface area contributed by atoms with Crippen LogP contribution in [0.1, 0.15) is 56.2 Å². The minimum Gasteiger partial charge on any atom is -0.381 e. The number of hydrogen-bond donors (Lipinski definition) is 0. The van der Waals surface area contributed by atoms with E-state index in [0.29, 0.717) is 25.3 Å². The Labute approximate surface area is 204 Å². The zero-order valence-electron chi connectivity index (χ0n) is 20.7. The van der Waals surface area contributed by atoms with Crippen molar-refractivity contribution in [2.45, 2.75) is 70.7 Å². The van der Waals surface area contributed by atoms with E-state index in [9.17, 15) is 13.2 Å². The average Bonchev–Trinajstić information content (AvgIpc) is 3.13. The molecule has 7 heteroatoms. The lowest BCUT2D eigenvalue weighted by Gasteiger charge is -2.33. The summed E-state index contributed by atoms with van der Waals surface area (Å²) in [5.41, 5.74) is 4.40. The molecule has 2 aliphatic heterocycles. The first-order chi connectivity index (χ1) is 16.3. The van der Waals surface area contributed by atoms with Crippen LogP contribution in [-0.4, -0.2) is 40.1 Å². The third-order valence-electron chi connectivity index (χ3n) is 7.19. The van der Waals surface area contributed by atoms with Crippen molar-refractivity contribution in [2.24, 2.45) is 5.92 Å². The van der Waals surface area contributed by atoms with Crippen molar-refractivity contribution in [3.05, 3.63) is 53.1 Å². The van der Waals surface area contributed by atoms with Gasteiger partial charge in [0.2, 0.25) is 5.91 Å². The molecule has 0 saturated carbocycles. The third-order valence-corrected chi connectivity index (χ3v) is 9.05. The van der Waals surface area contributed by atoms with Crippen molar-refractivity contribution < 1.29 is 17.9 Å². The van der Waals surface area contributed by atoms with Crippen LogP contribution in [0, 0.1) is 19.8 Å². The first-order valence-corrected chi connectivity index (χ1v) is 13.8. The number of carbonyl (C=O) groups is 1. The largest absolute Gasteiger partial charge is 0.381 e. The average molecular weight is 485 g/mol. The molecule has 0 atom stereocenters. The first-order valence-electron chi connectivity index (χ1n) is 12.4. The number of aryl methyl sites for hydroxylation is 2. The highest BCUT2D eigenvalue weighted by Crippen LogP contribution is 2.36. The molecule has 0 N–H and O–H groups in total. The Morgan fingerprint density at radius 3 is 2.41 bits per heavy atom. The van der Waals surface area contributed by atoms with E-state index in [2.05, 4.69) is 0 Å². The number of fused-ring (bicyclic) bond motifs is 1.